The number of aryl methyl sites for hydroxylation is 2. The zero-order valence-electron chi connectivity index (χ0n) is 11.4. The fourth-order valence-electron chi connectivity index (χ4n) is 1.90. The van der Waals surface area contributed by atoms with Crippen LogP contribution in [0.3, 0.4) is 0 Å². The molecule has 1 amide bonds. The van der Waals surface area contributed by atoms with Crippen LogP contribution < -0.4 is 10.6 Å². The molecule has 1 aromatic heterocycles. The highest BCUT2D eigenvalue weighted by Crippen LogP contribution is 2.16. The van der Waals surface area contributed by atoms with Crippen molar-refractivity contribution in [1.82, 2.24) is 15.1 Å². The van der Waals surface area contributed by atoms with E-state index in [2.05, 4.69) is 15.7 Å². The number of hydrogen-bond acceptors (Lipinski definition) is 3. The number of carbonyl (C=O) groups is 1. The molecular weight excluding hydrogens is 240 g/mol. The molecule has 1 heterocycles. The van der Waals surface area contributed by atoms with Crippen LogP contribution in [0, 0.1) is 6.92 Å². The third kappa shape index (κ3) is 3.13. The molecule has 0 radical (unpaired) electrons. The first-order valence-electron chi connectivity index (χ1n) is 6.14. The Bertz CT molecular complexity index is 589. The van der Waals surface area contributed by atoms with Crippen molar-refractivity contribution in [3.8, 4) is 0 Å². The van der Waals surface area contributed by atoms with Gasteiger partial charge in [-0.05, 0) is 24.6 Å². The van der Waals surface area contributed by atoms with E-state index >= 15 is 0 Å². The Labute approximate surface area is 112 Å². The van der Waals surface area contributed by atoms with E-state index in [1.165, 1.54) is 0 Å². The summed E-state index contributed by atoms with van der Waals surface area (Å²) in [5.74, 6) is -0.0896. The van der Waals surface area contributed by atoms with Gasteiger partial charge >= 0.3 is 0 Å². The highest BCUT2D eigenvalue weighted by atomic mass is 16.1. The maximum atomic E-state index is 12.1. The smallest absolute Gasteiger partial charge is 0.253 e. The quantitative estimate of drug-likeness (QED) is 0.877. The lowest BCUT2D eigenvalue weighted by Gasteiger charge is -2.10. The molecule has 100 valence electrons. The topological polar surface area (TPSA) is 59.0 Å². The zero-order valence-corrected chi connectivity index (χ0v) is 11.4. The Balaban J connectivity index is 2.07. The molecule has 0 aliphatic heterocycles. The second kappa shape index (κ2) is 5.56. The Morgan fingerprint density at radius 2 is 2.21 bits per heavy atom. The largest absolute Gasteiger partial charge is 0.387 e. The molecule has 0 unspecified atom stereocenters. The van der Waals surface area contributed by atoms with Crippen molar-refractivity contribution < 1.29 is 4.79 Å². The number of rotatable bonds is 4. The van der Waals surface area contributed by atoms with Gasteiger partial charge in [0.15, 0.2) is 0 Å². The third-order valence-electron chi connectivity index (χ3n) is 2.90. The van der Waals surface area contributed by atoms with E-state index in [1.54, 1.807) is 10.9 Å². The summed E-state index contributed by atoms with van der Waals surface area (Å²) in [6, 6.07) is 5.72. The van der Waals surface area contributed by atoms with E-state index in [1.807, 2.05) is 45.4 Å². The molecule has 2 rings (SSSR count). The van der Waals surface area contributed by atoms with Crippen LogP contribution in [0.4, 0.5) is 5.69 Å². The second-order valence-corrected chi connectivity index (χ2v) is 4.50. The van der Waals surface area contributed by atoms with Crippen molar-refractivity contribution in [2.45, 2.75) is 13.5 Å². The number of hydrogen-bond donors (Lipinski definition) is 2. The van der Waals surface area contributed by atoms with Crippen molar-refractivity contribution in [2.24, 2.45) is 7.05 Å². The maximum absolute atomic E-state index is 12.1. The van der Waals surface area contributed by atoms with Crippen LogP contribution >= 0.6 is 0 Å². The molecular formula is C14H18N4O. The molecule has 0 saturated carbocycles. The van der Waals surface area contributed by atoms with Gasteiger partial charge in [0, 0.05) is 38.1 Å². The van der Waals surface area contributed by atoms with Crippen molar-refractivity contribution >= 4 is 11.6 Å². The average molecular weight is 258 g/mol. The number of nitrogens with zero attached hydrogens (tertiary/aromatic N) is 2. The van der Waals surface area contributed by atoms with E-state index in [4.69, 9.17) is 0 Å². The summed E-state index contributed by atoms with van der Waals surface area (Å²) >= 11 is 0. The normalized spacial score (nSPS) is 10.3. The molecule has 2 aromatic rings. The van der Waals surface area contributed by atoms with Crippen LogP contribution in [0.25, 0.3) is 0 Å². The van der Waals surface area contributed by atoms with Gasteiger partial charge in [-0.1, -0.05) is 6.07 Å². The zero-order chi connectivity index (χ0) is 13.8. The van der Waals surface area contributed by atoms with Gasteiger partial charge in [0.05, 0.1) is 11.8 Å². The molecule has 5 heteroatoms. The lowest BCUT2D eigenvalue weighted by molar-refractivity contribution is 0.0951. The van der Waals surface area contributed by atoms with E-state index in [0.29, 0.717) is 12.1 Å². The predicted octanol–water partition coefficient (Wildman–Crippen LogP) is 1.70. The number of anilines is 1. The lowest BCUT2D eigenvalue weighted by Crippen LogP contribution is -2.23. The van der Waals surface area contributed by atoms with Crippen LogP contribution in [0.5, 0.6) is 0 Å². The van der Waals surface area contributed by atoms with E-state index in [9.17, 15) is 4.79 Å². The summed E-state index contributed by atoms with van der Waals surface area (Å²) in [4.78, 5) is 12.1. The molecule has 0 saturated heterocycles. The third-order valence-corrected chi connectivity index (χ3v) is 2.90. The molecule has 0 spiro atoms. The van der Waals surface area contributed by atoms with Crippen molar-refractivity contribution in [1.29, 1.82) is 0 Å². The van der Waals surface area contributed by atoms with E-state index in [0.717, 1.165) is 16.8 Å². The van der Waals surface area contributed by atoms with Gasteiger partial charge in [0.1, 0.15) is 0 Å². The first-order valence-corrected chi connectivity index (χ1v) is 6.14. The SMILES string of the molecule is CNc1cc(C)ccc1C(=O)NCc1cnn(C)c1. The summed E-state index contributed by atoms with van der Waals surface area (Å²) in [5, 5.41) is 10.00. The van der Waals surface area contributed by atoms with Gasteiger partial charge in [0.2, 0.25) is 0 Å². The summed E-state index contributed by atoms with van der Waals surface area (Å²) in [5.41, 5.74) is 3.59. The van der Waals surface area contributed by atoms with Gasteiger partial charge in [-0.15, -0.1) is 0 Å². The minimum atomic E-state index is -0.0896. The number of amides is 1. The van der Waals surface area contributed by atoms with Gasteiger partial charge in [0.25, 0.3) is 5.91 Å². The van der Waals surface area contributed by atoms with Crippen molar-refractivity contribution in [2.75, 3.05) is 12.4 Å². The molecule has 0 bridgehead atoms. The number of aromatic nitrogens is 2. The fourth-order valence-corrected chi connectivity index (χ4v) is 1.90. The van der Waals surface area contributed by atoms with Gasteiger partial charge in [-0.25, -0.2) is 0 Å². The molecule has 5 nitrogen and oxygen atoms in total. The van der Waals surface area contributed by atoms with Crippen LogP contribution in [0.1, 0.15) is 21.5 Å². The summed E-state index contributed by atoms with van der Waals surface area (Å²) in [6.45, 7) is 2.47. The van der Waals surface area contributed by atoms with Crippen LogP contribution in [-0.2, 0) is 13.6 Å². The minimum Gasteiger partial charge on any atom is -0.387 e. The minimum absolute atomic E-state index is 0.0896. The van der Waals surface area contributed by atoms with Gasteiger partial charge in [-0.2, -0.15) is 5.10 Å². The van der Waals surface area contributed by atoms with Crippen LogP contribution in [0.2, 0.25) is 0 Å². The number of benzene rings is 1. The standard InChI is InChI=1S/C14H18N4O/c1-10-4-5-12(13(6-10)15-2)14(19)16-7-11-8-17-18(3)9-11/h4-6,8-9,15H,7H2,1-3H3,(H,16,19). The molecule has 19 heavy (non-hydrogen) atoms. The lowest BCUT2D eigenvalue weighted by atomic mass is 10.1. The van der Waals surface area contributed by atoms with Crippen LogP contribution in [0.15, 0.2) is 30.6 Å². The van der Waals surface area contributed by atoms with Gasteiger partial charge in [-0.3, -0.25) is 9.48 Å². The number of carbonyl (C=O) groups excluding carboxylic acids is 1. The average Bonchev–Trinajstić information content (AvgIpc) is 2.81. The molecule has 1 aromatic carbocycles. The Morgan fingerprint density at radius 1 is 1.42 bits per heavy atom. The summed E-state index contributed by atoms with van der Waals surface area (Å²) in [7, 11) is 3.66. The van der Waals surface area contributed by atoms with Crippen molar-refractivity contribution in [3.63, 3.8) is 0 Å². The molecule has 2 N–H and O–H groups in total. The van der Waals surface area contributed by atoms with E-state index < -0.39 is 0 Å². The van der Waals surface area contributed by atoms with Gasteiger partial charge < -0.3 is 10.6 Å². The molecule has 0 aliphatic rings. The van der Waals surface area contributed by atoms with E-state index in [-0.39, 0.29) is 5.91 Å². The van der Waals surface area contributed by atoms with Crippen molar-refractivity contribution in [3.05, 3.63) is 47.3 Å². The highest BCUT2D eigenvalue weighted by molar-refractivity contribution is 5.99. The maximum Gasteiger partial charge on any atom is 0.253 e. The highest BCUT2D eigenvalue weighted by Gasteiger charge is 2.10. The Morgan fingerprint density at radius 3 is 2.84 bits per heavy atom. The monoisotopic (exact) mass is 258 g/mol. The molecule has 0 aliphatic carbocycles. The Hall–Kier alpha value is -2.30. The summed E-state index contributed by atoms with van der Waals surface area (Å²) < 4.78 is 1.71. The fraction of sp³-hybridized carbons (Fsp3) is 0.286. The summed E-state index contributed by atoms with van der Waals surface area (Å²) in [6.07, 6.45) is 3.63. The first kappa shape index (κ1) is 13.1. The second-order valence-electron chi connectivity index (χ2n) is 4.50. The predicted molar refractivity (Wildman–Crippen MR) is 75.1 cm³/mol. The molecule has 0 atom stereocenters. The first-order chi connectivity index (χ1) is 9.10. The van der Waals surface area contributed by atoms with Crippen LogP contribution in [-0.4, -0.2) is 22.7 Å². The number of nitrogens with one attached hydrogen (secondary N) is 2. The molecule has 0 fully saturated rings. The Kier molecular flexibility index (Phi) is 3.85.